The zero-order chi connectivity index (χ0) is 15.3. The van der Waals surface area contributed by atoms with Crippen LogP contribution in [0.2, 0.25) is 0 Å². The number of aryl methyl sites for hydroxylation is 1. The molecular weight excluding hydrogens is 244 g/mol. The fraction of sp³-hybridized carbons (Fsp3) is 0.667. The Balaban J connectivity index is 2.54. The van der Waals surface area contributed by atoms with Gasteiger partial charge in [-0.15, -0.1) is 0 Å². The summed E-state index contributed by atoms with van der Waals surface area (Å²) >= 11 is 0. The molecule has 0 radical (unpaired) electrons. The third kappa shape index (κ3) is 5.64. The molecular formula is C18H32N2. The molecule has 0 saturated heterocycles. The van der Waals surface area contributed by atoms with Crippen LogP contribution < -0.4 is 5.32 Å². The fourth-order valence-electron chi connectivity index (χ4n) is 2.27. The van der Waals surface area contributed by atoms with Crippen LogP contribution in [0.5, 0.6) is 0 Å². The van der Waals surface area contributed by atoms with Crippen molar-refractivity contribution in [1.82, 2.24) is 10.2 Å². The number of nitrogens with one attached hydrogen (secondary N) is 1. The van der Waals surface area contributed by atoms with Crippen LogP contribution in [0.1, 0.15) is 45.7 Å². The van der Waals surface area contributed by atoms with E-state index in [1.54, 1.807) is 0 Å². The molecule has 0 spiro atoms. The van der Waals surface area contributed by atoms with E-state index in [2.05, 4.69) is 83.1 Å². The van der Waals surface area contributed by atoms with E-state index in [1.807, 2.05) is 0 Å². The largest absolute Gasteiger partial charge is 0.312 e. The number of hydrogen-bond acceptors (Lipinski definition) is 2. The minimum absolute atomic E-state index is 0.197. The summed E-state index contributed by atoms with van der Waals surface area (Å²) in [4.78, 5) is 2.46. The molecule has 1 aromatic rings. The van der Waals surface area contributed by atoms with Crippen LogP contribution in [0.4, 0.5) is 0 Å². The summed E-state index contributed by atoms with van der Waals surface area (Å²) in [6, 6.07) is 9.22. The van der Waals surface area contributed by atoms with Gasteiger partial charge < -0.3 is 5.32 Å². The van der Waals surface area contributed by atoms with Crippen LogP contribution in [-0.4, -0.2) is 30.1 Å². The second-order valence-electron chi connectivity index (χ2n) is 7.19. The van der Waals surface area contributed by atoms with Gasteiger partial charge in [-0.05, 0) is 65.3 Å². The average Bonchev–Trinajstić information content (AvgIpc) is 2.36. The molecule has 0 aliphatic heterocycles. The highest BCUT2D eigenvalue weighted by Crippen LogP contribution is 2.15. The minimum atomic E-state index is 0.197. The van der Waals surface area contributed by atoms with Crippen molar-refractivity contribution in [2.75, 3.05) is 13.6 Å². The van der Waals surface area contributed by atoms with E-state index in [4.69, 9.17) is 0 Å². The lowest BCUT2D eigenvalue weighted by molar-refractivity contribution is 0.182. The Morgan fingerprint density at radius 3 is 2.30 bits per heavy atom. The molecule has 0 aliphatic rings. The summed E-state index contributed by atoms with van der Waals surface area (Å²) in [5.74, 6) is 0.628. The van der Waals surface area contributed by atoms with Crippen molar-refractivity contribution in [3.05, 3.63) is 35.4 Å². The normalized spacial score (nSPS) is 15.4. The van der Waals surface area contributed by atoms with Crippen molar-refractivity contribution < 1.29 is 0 Å². The Bertz CT molecular complexity index is 406. The molecule has 0 fully saturated rings. The third-order valence-corrected chi connectivity index (χ3v) is 4.15. The SMILES string of the molecule is Cc1ccccc1CN(C)C(C)C(C)CNC(C)(C)C. The van der Waals surface area contributed by atoms with E-state index in [0.29, 0.717) is 12.0 Å². The molecule has 0 heterocycles. The van der Waals surface area contributed by atoms with Gasteiger partial charge in [0.15, 0.2) is 0 Å². The molecule has 1 N–H and O–H groups in total. The van der Waals surface area contributed by atoms with Gasteiger partial charge in [0, 0.05) is 18.1 Å². The summed E-state index contributed by atoms with van der Waals surface area (Å²) < 4.78 is 0. The molecule has 114 valence electrons. The predicted octanol–water partition coefficient (Wildman–Crippen LogP) is 3.84. The van der Waals surface area contributed by atoms with Gasteiger partial charge in [0.2, 0.25) is 0 Å². The van der Waals surface area contributed by atoms with Gasteiger partial charge >= 0.3 is 0 Å². The molecule has 2 atom stereocenters. The Hall–Kier alpha value is -0.860. The highest BCUT2D eigenvalue weighted by atomic mass is 15.1. The Kier molecular flexibility index (Phi) is 6.22. The van der Waals surface area contributed by atoms with Crippen molar-refractivity contribution in [3.8, 4) is 0 Å². The topological polar surface area (TPSA) is 15.3 Å². The van der Waals surface area contributed by atoms with E-state index in [9.17, 15) is 0 Å². The quantitative estimate of drug-likeness (QED) is 0.849. The molecule has 0 aliphatic carbocycles. The van der Waals surface area contributed by atoms with Crippen LogP contribution in [0, 0.1) is 12.8 Å². The second kappa shape index (κ2) is 7.24. The number of hydrogen-bond donors (Lipinski definition) is 1. The van der Waals surface area contributed by atoms with E-state index < -0.39 is 0 Å². The van der Waals surface area contributed by atoms with E-state index in [-0.39, 0.29) is 5.54 Å². The van der Waals surface area contributed by atoms with E-state index >= 15 is 0 Å². The monoisotopic (exact) mass is 276 g/mol. The second-order valence-corrected chi connectivity index (χ2v) is 7.19. The van der Waals surface area contributed by atoms with Gasteiger partial charge in [0.1, 0.15) is 0 Å². The molecule has 0 bridgehead atoms. The van der Waals surface area contributed by atoms with Crippen LogP contribution >= 0.6 is 0 Å². The highest BCUT2D eigenvalue weighted by molar-refractivity contribution is 5.25. The Labute approximate surface area is 125 Å². The molecule has 1 aromatic carbocycles. The van der Waals surface area contributed by atoms with E-state index in [0.717, 1.165) is 13.1 Å². The fourth-order valence-corrected chi connectivity index (χ4v) is 2.27. The lowest BCUT2D eigenvalue weighted by Crippen LogP contribution is -2.44. The third-order valence-electron chi connectivity index (χ3n) is 4.15. The zero-order valence-electron chi connectivity index (χ0n) is 14.3. The first-order valence-corrected chi connectivity index (χ1v) is 7.70. The molecule has 2 heteroatoms. The summed E-state index contributed by atoms with van der Waals surface area (Å²) in [6.45, 7) is 15.6. The molecule has 0 amide bonds. The van der Waals surface area contributed by atoms with Crippen LogP contribution in [0.3, 0.4) is 0 Å². The molecule has 1 rings (SSSR count). The maximum absolute atomic E-state index is 3.61. The first kappa shape index (κ1) is 17.2. The summed E-state index contributed by atoms with van der Waals surface area (Å²) in [6.07, 6.45) is 0. The molecule has 20 heavy (non-hydrogen) atoms. The minimum Gasteiger partial charge on any atom is -0.312 e. The standard InChI is InChI=1S/C18H32N2/c1-14-10-8-9-11-17(14)13-20(7)16(3)15(2)12-19-18(4,5)6/h8-11,15-16,19H,12-13H2,1-7H3. The number of nitrogens with zero attached hydrogens (tertiary/aromatic N) is 1. The van der Waals surface area contributed by atoms with Crippen molar-refractivity contribution in [1.29, 1.82) is 0 Å². The van der Waals surface area contributed by atoms with E-state index in [1.165, 1.54) is 11.1 Å². The lowest BCUT2D eigenvalue weighted by Gasteiger charge is -2.32. The van der Waals surface area contributed by atoms with Crippen LogP contribution in [-0.2, 0) is 6.54 Å². The Morgan fingerprint density at radius 1 is 1.15 bits per heavy atom. The van der Waals surface area contributed by atoms with Gasteiger partial charge in [0.05, 0.1) is 0 Å². The van der Waals surface area contributed by atoms with Crippen molar-refractivity contribution >= 4 is 0 Å². The summed E-state index contributed by atoms with van der Waals surface area (Å²) in [5.41, 5.74) is 3.01. The zero-order valence-corrected chi connectivity index (χ0v) is 14.3. The smallest absolute Gasteiger partial charge is 0.0236 e. The molecule has 2 unspecified atom stereocenters. The van der Waals surface area contributed by atoms with Crippen molar-refractivity contribution in [2.24, 2.45) is 5.92 Å². The van der Waals surface area contributed by atoms with Crippen LogP contribution in [0.15, 0.2) is 24.3 Å². The Morgan fingerprint density at radius 2 is 1.75 bits per heavy atom. The van der Waals surface area contributed by atoms with Crippen LogP contribution in [0.25, 0.3) is 0 Å². The maximum atomic E-state index is 3.61. The number of rotatable bonds is 6. The number of benzene rings is 1. The van der Waals surface area contributed by atoms with Crippen molar-refractivity contribution in [3.63, 3.8) is 0 Å². The lowest BCUT2D eigenvalue weighted by atomic mass is 9.99. The molecule has 0 aromatic heterocycles. The summed E-state index contributed by atoms with van der Waals surface area (Å²) in [5, 5.41) is 3.61. The highest BCUT2D eigenvalue weighted by Gasteiger charge is 2.19. The van der Waals surface area contributed by atoms with Gasteiger partial charge in [0.25, 0.3) is 0 Å². The summed E-state index contributed by atoms with van der Waals surface area (Å²) in [7, 11) is 2.23. The maximum Gasteiger partial charge on any atom is 0.0236 e. The van der Waals surface area contributed by atoms with Gasteiger partial charge in [-0.2, -0.15) is 0 Å². The van der Waals surface area contributed by atoms with Gasteiger partial charge in [-0.1, -0.05) is 31.2 Å². The van der Waals surface area contributed by atoms with Crippen molar-refractivity contribution in [2.45, 2.75) is 59.7 Å². The molecule has 0 saturated carbocycles. The first-order valence-electron chi connectivity index (χ1n) is 7.70. The van der Waals surface area contributed by atoms with Gasteiger partial charge in [-0.3, -0.25) is 4.90 Å². The van der Waals surface area contributed by atoms with Gasteiger partial charge in [-0.25, -0.2) is 0 Å². The average molecular weight is 276 g/mol. The predicted molar refractivity (Wildman–Crippen MR) is 89.0 cm³/mol. The molecule has 2 nitrogen and oxygen atoms in total. The first-order chi connectivity index (χ1) is 9.20.